The highest BCUT2D eigenvalue weighted by molar-refractivity contribution is 4.78. The fourth-order valence-electron chi connectivity index (χ4n) is 3.19. The molecule has 3 heteroatoms. The van der Waals surface area contributed by atoms with Gasteiger partial charge >= 0.3 is 0 Å². The van der Waals surface area contributed by atoms with Crippen molar-refractivity contribution in [3.8, 4) is 0 Å². The van der Waals surface area contributed by atoms with Crippen LogP contribution in [0, 0.1) is 5.92 Å². The van der Waals surface area contributed by atoms with Crippen LogP contribution in [0.4, 0.5) is 0 Å². The molecule has 0 aromatic carbocycles. The Labute approximate surface area is 112 Å². The van der Waals surface area contributed by atoms with Crippen LogP contribution in [0.2, 0.25) is 0 Å². The Kier molecular flexibility index (Phi) is 5.93. The van der Waals surface area contributed by atoms with Gasteiger partial charge in [0.15, 0.2) is 0 Å². The lowest BCUT2D eigenvalue weighted by molar-refractivity contribution is -0.000655. The first-order valence-corrected chi connectivity index (χ1v) is 7.85. The normalized spacial score (nSPS) is 31.7. The van der Waals surface area contributed by atoms with E-state index in [1.54, 1.807) is 0 Å². The lowest BCUT2D eigenvalue weighted by atomic mass is 10.0. The van der Waals surface area contributed by atoms with Crippen molar-refractivity contribution in [3.63, 3.8) is 0 Å². The summed E-state index contributed by atoms with van der Waals surface area (Å²) in [6.07, 6.45) is 6.84. The Balaban J connectivity index is 1.61. The van der Waals surface area contributed by atoms with E-state index in [-0.39, 0.29) is 0 Å². The number of nitrogens with zero attached hydrogens (tertiary/aromatic N) is 1. The van der Waals surface area contributed by atoms with Gasteiger partial charge in [-0.2, -0.15) is 0 Å². The second-order valence-electron chi connectivity index (χ2n) is 6.14. The molecule has 2 heterocycles. The monoisotopic (exact) mass is 254 g/mol. The summed E-state index contributed by atoms with van der Waals surface area (Å²) in [6, 6.07) is 0.685. The van der Waals surface area contributed by atoms with Crippen LogP contribution in [0.3, 0.4) is 0 Å². The van der Waals surface area contributed by atoms with Crippen LogP contribution in [0.15, 0.2) is 0 Å². The first-order chi connectivity index (χ1) is 8.78. The Morgan fingerprint density at radius 1 is 1.33 bits per heavy atom. The molecular weight excluding hydrogens is 224 g/mol. The fraction of sp³-hybridized carbons (Fsp3) is 1.00. The van der Waals surface area contributed by atoms with Crippen molar-refractivity contribution in [2.75, 3.05) is 32.8 Å². The summed E-state index contributed by atoms with van der Waals surface area (Å²) in [5.41, 5.74) is 0. The molecule has 2 saturated heterocycles. The van der Waals surface area contributed by atoms with Gasteiger partial charge in [-0.15, -0.1) is 0 Å². The maximum atomic E-state index is 5.72. The molecule has 106 valence electrons. The summed E-state index contributed by atoms with van der Waals surface area (Å²) in [6.45, 7) is 10.6. The molecule has 0 bridgehead atoms. The van der Waals surface area contributed by atoms with Gasteiger partial charge in [0.25, 0.3) is 0 Å². The number of rotatable bonds is 6. The van der Waals surface area contributed by atoms with Gasteiger partial charge in [-0.25, -0.2) is 0 Å². The second kappa shape index (κ2) is 7.46. The van der Waals surface area contributed by atoms with Gasteiger partial charge in [0.05, 0.1) is 6.10 Å². The minimum absolute atomic E-state index is 0.491. The predicted octanol–water partition coefficient (Wildman–Crippen LogP) is 2.27. The highest BCUT2D eigenvalue weighted by atomic mass is 16.5. The molecule has 0 aromatic rings. The smallest absolute Gasteiger partial charge is 0.0587 e. The minimum atomic E-state index is 0.491. The molecule has 0 spiro atoms. The molecule has 3 nitrogen and oxygen atoms in total. The summed E-state index contributed by atoms with van der Waals surface area (Å²) in [5, 5.41) is 3.75. The molecule has 0 aliphatic carbocycles. The van der Waals surface area contributed by atoms with Crippen LogP contribution in [-0.2, 0) is 4.74 Å². The van der Waals surface area contributed by atoms with Crippen LogP contribution in [0.5, 0.6) is 0 Å². The van der Waals surface area contributed by atoms with Gasteiger partial charge in [-0.3, -0.25) is 0 Å². The first kappa shape index (κ1) is 14.3. The van der Waals surface area contributed by atoms with Crippen molar-refractivity contribution < 1.29 is 4.74 Å². The van der Waals surface area contributed by atoms with Gasteiger partial charge in [0.2, 0.25) is 0 Å². The largest absolute Gasteiger partial charge is 0.378 e. The Morgan fingerprint density at radius 3 is 2.83 bits per heavy atom. The number of hydrogen-bond acceptors (Lipinski definition) is 3. The highest BCUT2D eigenvalue weighted by Gasteiger charge is 2.21. The number of nitrogens with one attached hydrogen (secondary N) is 1. The van der Waals surface area contributed by atoms with E-state index in [0.29, 0.717) is 12.1 Å². The van der Waals surface area contributed by atoms with Gasteiger partial charge in [-0.05, 0) is 57.7 Å². The van der Waals surface area contributed by atoms with E-state index >= 15 is 0 Å². The molecule has 2 rings (SSSR count). The summed E-state index contributed by atoms with van der Waals surface area (Å²) in [7, 11) is 0. The molecule has 0 radical (unpaired) electrons. The molecule has 0 amide bonds. The molecule has 2 fully saturated rings. The molecule has 0 saturated carbocycles. The average molecular weight is 254 g/mol. The molecular formula is C15H30N2O. The van der Waals surface area contributed by atoms with Gasteiger partial charge in [0, 0.05) is 19.2 Å². The Morgan fingerprint density at radius 2 is 2.11 bits per heavy atom. The Bertz CT molecular complexity index is 229. The quantitative estimate of drug-likeness (QED) is 0.787. The minimum Gasteiger partial charge on any atom is -0.378 e. The third kappa shape index (κ3) is 4.52. The zero-order valence-electron chi connectivity index (χ0n) is 12.2. The molecule has 18 heavy (non-hydrogen) atoms. The van der Waals surface area contributed by atoms with Gasteiger partial charge in [0.1, 0.15) is 0 Å². The summed E-state index contributed by atoms with van der Waals surface area (Å²) in [5.74, 6) is 0.769. The Hall–Kier alpha value is -0.120. The van der Waals surface area contributed by atoms with E-state index in [4.69, 9.17) is 4.74 Å². The van der Waals surface area contributed by atoms with E-state index in [0.717, 1.165) is 25.5 Å². The highest BCUT2D eigenvalue weighted by Crippen LogP contribution is 2.17. The van der Waals surface area contributed by atoms with E-state index in [2.05, 4.69) is 24.1 Å². The molecule has 2 aliphatic heterocycles. The summed E-state index contributed by atoms with van der Waals surface area (Å²) in [4.78, 5) is 2.62. The van der Waals surface area contributed by atoms with Crippen LogP contribution < -0.4 is 5.32 Å². The maximum Gasteiger partial charge on any atom is 0.0587 e. The number of likely N-dealkylation sites (tertiary alicyclic amines) is 1. The van der Waals surface area contributed by atoms with E-state index in [9.17, 15) is 0 Å². The third-order valence-electron chi connectivity index (χ3n) is 4.35. The van der Waals surface area contributed by atoms with Crippen LogP contribution in [0.1, 0.15) is 46.0 Å². The van der Waals surface area contributed by atoms with Crippen LogP contribution in [-0.4, -0.2) is 49.8 Å². The van der Waals surface area contributed by atoms with E-state index < -0.39 is 0 Å². The molecule has 1 N–H and O–H groups in total. The van der Waals surface area contributed by atoms with Crippen molar-refractivity contribution in [3.05, 3.63) is 0 Å². The van der Waals surface area contributed by atoms with E-state index in [1.165, 1.54) is 45.3 Å². The summed E-state index contributed by atoms with van der Waals surface area (Å²) >= 11 is 0. The standard InChI is InChI=1S/C15H30N2O/c1-3-15-10-14(6-9-18-15)16-11-13(2)12-17-7-4-5-8-17/h13-16H,3-12H2,1-2H3. The number of ether oxygens (including phenoxy) is 1. The van der Waals surface area contributed by atoms with Gasteiger partial charge in [-0.1, -0.05) is 13.8 Å². The van der Waals surface area contributed by atoms with Gasteiger partial charge < -0.3 is 15.0 Å². The topological polar surface area (TPSA) is 24.5 Å². The molecule has 2 aliphatic rings. The van der Waals surface area contributed by atoms with Crippen LogP contribution in [0.25, 0.3) is 0 Å². The number of hydrogen-bond donors (Lipinski definition) is 1. The third-order valence-corrected chi connectivity index (χ3v) is 4.35. The predicted molar refractivity (Wildman–Crippen MR) is 75.9 cm³/mol. The van der Waals surface area contributed by atoms with Crippen molar-refractivity contribution in [1.82, 2.24) is 10.2 Å². The maximum absolute atomic E-state index is 5.72. The van der Waals surface area contributed by atoms with Crippen molar-refractivity contribution in [1.29, 1.82) is 0 Å². The average Bonchev–Trinajstić information content (AvgIpc) is 2.89. The zero-order valence-corrected chi connectivity index (χ0v) is 12.2. The van der Waals surface area contributed by atoms with Crippen molar-refractivity contribution >= 4 is 0 Å². The lowest BCUT2D eigenvalue weighted by Gasteiger charge is -2.31. The lowest BCUT2D eigenvalue weighted by Crippen LogP contribution is -2.42. The zero-order chi connectivity index (χ0) is 12.8. The van der Waals surface area contributed by atoms with Crippen molar-refractivity contribution in [2.24, 2.45) is 5.92 Å². The van der Waals surface area contributed by atoms with Crippen LogP contribution >= 0.6 is 0 Å². The van der Waals surface area contributed by atoms with E-state index in [1.807, 2.05) is 0 Å². The van der Waals surface area contributed by atoms with Crippen molar-refractivity contribution in [2.45, 2.75) is 58.1 Å². The SMILES string of the molecule is CCC1CC(NCC(C)CN2CCCC2)CCO1. The first-order valence-electron chi connectivity index (χ1n) is 7.85. The summed E-state index contributed by atoms with van der Waals surface area (Å²) < 4.78 is 5.72. The second-order valence-corrected chi connectivity index (χ2v) is 6.14. The molecule has 0 aromatic heterocycles. The molecule has 3 atom stereocenters. The molecule has 3 unspecified atom stereocenters. The fourth-order valence-corrected chi connectivity index (χ4v) is 3.19.